The number of hydrogen-bond donors (Lipinski definition) is 2. The molecule has 0 aliphatic heterocycles. The van der Waals surface area contributed by atoms with Crippen molar-refractivity contribution in [3.05, 3.63) is 23.8 Å². The number of nitrogens with zero attached hydrogens (tertiary/aromatic N) is 1. The first-order valence-electron chi connectivity index (χ1n) is 6.09. The first kappa shape index (κ1) is 14.4. The molecule has 0 heterocycles. The van der Waals surface area contributed by atoms with Crippen molar-refractivity contribution in [3.8, 4) is 0 Å². The van der Waals surface area contributed by atoms with Crippen molar-refractivity contribution in [2.24, 2.45) is 5.73 Å². The maximum Gasteiger partial charge on any atom is 0.0606 e. The first-order chi connectivity index (χ1) is 8.28. The predicted molar refractivity (Wildman–Crippen MR) is 75.7 cm³/mol. The summed E-state index contributed by atoms with van der Waals surface area (Å²) in [5.41, 5.74) is 8.21. The average molecular weight is 254 g/mol. The van der Waals surface area contributed by atoms with E-state index in [4.69, 9.17) is 10.8 Å². The normalized spacial score (nSPS) is 10.6. The summed E-state index contributed by atoms with van der Waals surface area (Å²) in [6.07, 6.45) is 0. The number of likely N-dealkylation sites (N-methyl/N-ethyl adjacent to an activating group) is 1. The van der Waals surface area contributed by atoms with Crippen LogP contribution in [0.15, 0.2) is 23.1 Å². The minimum Gasteiger partial charge on any atom is -0.395 e. The molecule has 17 heavy (non-hydrogen) atoms. The van der Waals surface area contributed by atoms with Gasteiger partial charge in [0.15, 0.2) is 0 Å². The Morgan fingerprint density at radius 3 is 2.65 bits per heavy atom. The van der Waals surface area contributed by atoms with Crippen molar-refractivity contribution < 1.29 is 5.11 Å². The standard InChI is InChI=1S/C13H22N2OS/c1-3-15(8-9-16)12-6-5-7-13(17-4-2)11(12)10-14/h5-7,16H,3-4,8-10,14H2,1-2H3. The highest BCUT2D eigenvalue weighted by Gasteiger charge is 2.11. The minimum atomic E-state index is 0.170. The lowest BCUT2D eigenvalue weighted by Crippen LogP contribution is -2.27. The Balaban J connectivity index is 3.08. The highest BCUT2D eigenvalue weighted by molar-refractivity contribution is 7.99. The number of thioether (sulfide) groups is 1. The Bertz CT molecular complexity index is 344. The molecule has 96 valence electrons. The van der Waals surface area contributed by atoms with Crippen LogP contribution in [-0.4, -0.2) is 30.6 Å². The van der Waals surface area contributed by atoms with E-state index in [-0.39, 0.29) is 6.61 Å². The largest absolute Gasteiger partial charge is 0.395 e. The highest BCUT2D eigenvalue weighted by atomic mass is 32.2. The molecule has 4 heteroatoms. The second-order valence-corrected chi connectivity index (χ2v) is 5.00. The molecule has 0 amide bonds. The summed E-state index contributed by atoms with van der Waals surface area (Å²) in [5, 5.41) is 9.09. The summed E-state index contributed by atoms with van der Waals surface area (Å²) in [4.78, 5) is 3.42. The number of rotatable bonds is 7. The molecule has 3 N–H and O–H groups in total. The van der Waals surface area contributed by atoms with Crippen LogP contribution in [0.2, 0.25) is 0 Å². The van der Waals surface area contributed by atoms with Crippen LogP contribution in [0.5, 0.6) is 0 Å². The van der Waals surface area contributed by atoms with Crippen LogP contribution in [0.1, 0.15) is 19.4 Å². The molecule has 0 aliphatic carbocycles. The zero-order valence-corrected chi connectivity index (χ0v) is 11.5. The van der Waals surface area contributed by atoms with Gasteiger partial charge in [-0.05, 0) is 24.8 Å². The van der Waals surface area contributed by atoms with Crippen LogP contribution < -0.4 is 10.6 Å². The van der Waals surface area contributed by atoms with Gasteiger partial charge >= 0.3 is 0 Å². The predicted octanol–water partition coefficient (Wildman–Crippen LogP) is 2.08. The summed E-state index contributed by atoms with van der Waals surface area (Å²) < 4.78 is 0. The van der Waals surface area contributed by atoms with Gasteiger partial charge in [-0.3, -0.25) is 0 Å². The van der Waals surface area contributed by atoms with Gasteiger partial charge in [0, 0.05) is 35.8 Å². The molecule has 1 aromatic carbocycles. The van der Waals surface area contributed by atoms with Crippen LogP contribution in [0, 0.1) is 0 Å². The summed E-state index contributed by atoms with van der Waals surface area (Å²) in [6, 6.07) is 6.26. The molecule has 0 aromatic heterocycles. The maximum absolute atomic E-state index is 9.09. The molecule has 0 saturated heterocycles. The summed E-state index contributed by atoms with van der Waals surface area (Å²) in [5.74, 6) is 1.04. The summed E-state index contributed by atoms with van der Waals surface area (Å²) in [6.45, 7) is 6.49. The van der Waals surface area contributed by atoms with Crippen LogP contribution in [0.4, 0.5) is 5.69 Å². The molecular weight excluding hydrogens is 232 g/mol. The Morgan fingerprint density at radius 1 is 1.35 bits per heavy atom. The Labute approximate surface area is 108 Å². The third-order valence-corrected chi connectivity index (χ3v) is 3.69. The quantitative estimate of drug-likeness (QED) is 0.731. The van der Waals surface area contributed by atoms with E-state index in [0.717, 1.165) is 18.0 Å². The summed E-state index contributed by atoms with van der Waals surface area (Å²) in [7, 11) is 0. The van der Waals surface area contributed by atoms with Crippen LogP contribution in [-0.2, 0) is 6.54 Å². The zero-order valence-electron chi connectivity index (χ0n) is 10.6. The number of nitrogens with two attached hydrogens (primary N) is 1. The van der Waals surface area contributed by atoms with E-state index in [1.807, 2.05) is 11.8 Å². The van der Waals surface area contributed by atoms with Crippen LogP contribution >= 0.6 is 11.8 Å². The van der Waals surface area contributed by atoms with E-state index in [2.05, 4.69) is 36.9 Å². The lowest BCUT2D eigenvalue weighted by Gasteiger charge is -2.25. The van der Waals surface area contributed by atoms with Crippen molar-refractivity contribution >= 4 is 17.4 Å². The molecule has 3 nitrogen and oxygen atoms in total. The van der Waals surface area contributed by atoms with Gasteiger partial charge in [-0.1, -0.05) is 13.0 Å². The molecule has 0 spiro atoms. The Kier molecular flexibility index (Phi) is 6.40. The molecule has 0 saturated carbocycles. The lowest BCUT2D eigenvalue weighted by molar-refractivity contribution is 0.302. The fraction of sp³-hybridized carbons (Fsp3) is 0.538. The third-order valence-electron chi connectivity index (χ3n) is 2.70. The number of aliphatic hydroxyl groups excluding tert-OH is 1. The second-order valence-electron chi connectivity index (χ2n) is 3.69. The molecular formula is C13H22N2OS. The van der Waals surface area contributed by atoms with Gasteiger partial charge in [0.05, 0.1) is 6.61 Å². The molecule has 1 aromatic rings. The lowest BCUT2D eigenvalue weighted by atomic mass is 10.1. The average Bonchev–Trinajstić information content (AvgIpc) is 2.36. The van der Waals surface area contributed by atoms with Crippen molar-refractivity contribution in [2.45, 2.75) is 25.3 Å². The zero-order chi connectivity index (χ0) is 12.7. The molecule has 0 atom stereocenters. The fourth-order valence-electron chi connectivity index (χ4n) is 1.92. The van der Waals surface area contributed by atoms with E-state index >= 15 is 0 Å². The van der Waals surface area contributed by atoms with Crippen molar-refractivity contribution in [1.82, 2.24) is 0 Å². The van der Waals surface area contributed by atoms with Crippen LogP contribution in [0.25, 0.3) is 0 Å². The molecule has 0 fully saturated rings. The van der Waals surface area contributed by atoms with E-state index < -0.39 is 0 Å². The number of hydrogen-bond acceptors (Lipinski definition) is 4. The topological polar surface area (TPSA) is 49.5 Å². The van der Waals surface area contributed by atoms with E-state index in [9.17, 15) is 0 Å². The Hall–Kier alpha value is -0.710. The summed E-state index contributed by atoms with van der Waals surface area (Å²) >= 11 is 1.82. The molecule has 0 aliphatic rings. The molecule has 0 radical (unpaired) electrons. The molecule has 1 rings (SSSR count). The van der Waals surface area contributed by atoms with Gasteiger partial charge in [-0.15, -0.1) is 11.8 Å². The minimum absolute atomic E-state index is 0.170. The van der Waals surface area contributed by atoms with Crippen molar-refractivity contribution in [3.63, 3.8) is 0 Å². The van der Waals surface area contributed by atoms with Crippen molar-refractivity contribution in [1.29, 1.82) is 0 Å². The Morgan fingerprint density at radius 2 is 2.12 bits per heavy atom. The highest BCUT2D eigenvalue weighted by Crippen LogP contribution is 2.30. The number of aliphatic hydroxyl groups is 1. The van der Waals surface area contributed by atoms with E-state index in [0.29, 0.717) is 13.1 Å². The van der Waals surface area contributed by atoms with Crippen molar-refractivity contribution in [2.75, 3.05) is 30.3 Å². The first-order valence-corrected chi connectivity index (χ1v) is 7.07. The number of benzene rings is 1. The van der Waals surface area contributed by atoms with Crippen LogP contribution in [0.3, 0.4) is 0 Å². The smallest absolute Gasteiger partial charge is 0.0606 e. The SMILES string of the molecule is CCSc1cccc(N(CC)CCO)c1CN. The third kappa shape index (κ3) is 3.63. The maximum atomic E-state index is 9.09. The van der Waals surface area contributed by atoms with Gasteiger partial charge in [0.1, 0.15) is 0 Å². The molecule has 0 bridgehead atoms. The molecule has 0 unspecified atom stereocenters. The second kappa shape index (κ2) is 7.58. The monoisotopic (exact) mass is 254 g/mol. The fourth-order valence-corrected chi connectivity index (χ4v) is 2.76. The van der Waals surface area contributed by atoms with Gasteiger partial charge in [0.25, 0.3) is 0 Å². The number of anilines is 1. The van der Waals surface area contributed by atoms with E-state index in [1.165, 1.54) is 10.5 Å². The van der Waals surface area contributed by atoms with Gasteiger partial charge in [-0.2, -0.15) is 0 Å². The van der Waals surface area contributed by atoms with Gasteiger partial charge in [-0.25, -0.2) is 0 Å². The van der Waals surface area contributed by atoms with E-state index in [1.54, 1.807) is 0 Å². The van der Waals surface area contributed by atoms with Gasteiger partial charge < -0.3 is 15.7 Å². The van der Waals surface area contributed by atoms with Gasteiger partial charge in [0.2, 0.25) is 0 Å².